The number of hydrogen-bond donors (Lipinski definition) is 1. The maximum absolute atomic E-state index is 12.6. The van der Waals surface area contributed by atoms with Crippen LogP contribution in [-0.4, -0.2) is 53.4 Å². The van der Waals surface area contributed by atoms with Gasteiger partial charge >= 0.3 is 0 Å². The second-order valence-corrected chi connectivity index (χ2v) is 5.59. The van der Waals surface area contributed by atoms with Gasteiger partial charge in [-0.3, -0.25) is 14.5 Å². The molecule has 1 aliphatic rings. The summed E-state index contributed by atoms with van der Waals surface area (Å²) in [6.07, 6.45) is 1.87. The fourth-order valence-electron chi connectivity index (χ4n) is 2.70. The molecule has 0 aromatic carbocycles. The number of carbonyl (C=O) groups is 1. The predicted octanol–water partition coefficient (Wildman–Crippen LogP) is 1.24. The lowest BCUT2D eigenvalue weighted by Gasteiger charge is -2.34. The summed E-state index contributed by atoms with van der Waals surface area (Å²) in [5.74, 6) is -0.157. The first-order valence-corrected chi connectivity index (χ1v) is 7.28. The van der Waals surface area contributed by atoms with E-state index in [1.807, 2.05) is 26.8 Å². The number of aromatic amines is 1. The van der Waals surface area contributed by atoms with E-state index in [-0.39, 0.29) is 17.0 Å². The van der Waals surface area contributed by atoms with Crippen LogP contribution in [0.5, 0.6) is 0 Å². The maximum atomic E-state index is 12.6. The van der Waals surface area contributed by atoms with Crippen molar-refractivity contribution in [2.24, 2.45) is 0 Å². The summed E-state index contributed by atoms with van der Waals surface area (Å²) in [6, 6.07) is 0. The highest BCUT2D eigenvalue weighted by Crippen LogP contribution is 2.14. The van der Waals surface area contributed by atoms with E-state index in [4.69, 9.17) is 0 Å². The lowest BCUT2D eigenvalue weighted by Crippen LogP contribution is -2.49. The zero-order valence-electron chi connectivity index (χ0n) is 13.0. The highest BCUT2D eigenvalue weighted by molar-refractivity contribution is 5.95. The quantitative estimate of drug-likeness (QED) is 0.852. The van der Waals surface area contributed by atoms with E-state index in [1.54, 1.807) is 4.90 Å². The van der Waals surface area contributed by atoms with Gasteiger partial charge in [0.1, 0.15) is 5.56 Å². The monoisotopic (exact) mass is 289 g/mol. The summed E-state index contributed by atoms with van der Waals surface area (Å²) in [5, 5.41) is 0. The standard InChI is InChI=1S/C16H23N3O2/c1-5-6-18-7-9-19(10-8-18)16(21)14-12(3)11(2)13(4)17-15(14)20/h5H,1,6-10H2,2-4H3,(H,17,20). The lowest BCUT2D eigenvalue weighted by molar-refractivity contribution is 0.0647. The van der Waals surface area contributed by atoms with Gasteiger partial charge in [0.05, 0.1) is 0 Å². The lowest BCUT2D eigenvalue weighted by atomic mass is 10.0. The highest BCUT2D eigenvalue weighted by Gasteiger charge is 2.25. The minimum atomic E-state index is -0.283. The number of amides is 1. The van der Waals surface area contributed by atoms with Gasteiger partial charge in [0.15, 0.2) is 0 Å². The molecule has 114 valence electrons. The molecule has 1 aliphatic heterocycles. The van der Waals surface area contributed by atoms with E-state index in [0.29, 0.717) is 13.1 Å². The molecule has 21 heavy (non-hydrogen) atoms. The molecular weight excluding hydrogens is 266 g/mol. The van der Waals surface area contributed by atoms with Crippen molar-refractivity contribution < 1.29 is 4.79 Å². The summed E-state index contributed by atoms with van der Waals surface area (Å²) in [6.45, 7) is 13.1. The van der Waals surface area contributed by atoms with Crippen LogP contribution >= 0.6 is 0 Å². The predicted molar refractivity (Wildman–Crippen MR) is 83.8 cm³/mol. The van der Waals surface area contributed by atoms with Crippen LogP contribution in [0.15, 0.2) is 17.4 Å². The maximum Gasteiger partial charge on any atom is 0.261 e. The second kappa shape index (κ2) is 6.26. The van der Waals surface area contributed by atoms with Crippen molar-refractivity contribution in [1.82, 2.24) is 14.8 Å². The number of nitrogens with one attached hydrogen (secondary N) is 1. The van der Waals surface area contributed by atoms with Crippen molar-refractivity contribution in [3.05, 3.63) is 45.4 Å². The van der Waals surface area contributed by atoms with Crippen LogP contribution < -0.4 is 5.56 Å². The normalized spacial score (nSPS) is 16.0. The Bertz CT molecular complexity index is 611. The number of hydrogen-bond acceptors (Lipinski definition) is 3. The highest BCUT2D eigenvalue weighted by atomic mass is 16.2. The van der Waals surface area contributed by atoms with Crippen LogP contribution in [0, 0.1) is 20.8 Å². The van der Waals surface area contributed by atoms with Crippen molar-refractivity contribution in [2.75, 3.05) is 32.7 Å². The number of H-pyrrole nitrogens is 1. The first-order chi connectivity index (χ1) is 9.95. The molecule has 0 saturated carbocycles. The molecule has 0 radical (unpaired) electrons. The van der Waals surface area contributed by atoms with E-state index >= 15 is 0 Å². The number of rotatable bonds is 3. The van der Waals surface area contributed by atoms with E-state index in [0.717, 1.165) is 36.5 Å². The van der Waals surface area contributed by atoms with E-state index in [2.05, 4.69) is 16.5 Å². The summed E-state index contributed by atoms with van der Waals surface area (Å²) >= 11 is 0. The molecular formula is C16H23N3O2. The van der Waals surface area contributed by atoms with Gasteiger partial charge < -0.3 is 9.88 Å². The first-order valence-electron chi connectivity index (χ1n) is 7.28. The van der Waals surface area contributed by atoms with Gasteiger partial charge in [0, 0.05) is 38.4 Å². The number of piperazine rings is 1. The molecule has 0 unspecified atom stereocenters. The van der Waals surface area contributed by atoms with Gasteiger partial charge in [0.2, 0.25) is 0 Å². The van der Waals surface area contributed by atoms with Crippen molar-refractivity contribution >= 4 is 5.91 Å². The number of aryl methyl sites for hydroxylation is 1. The molecule has 2 rings (SSSR count). The first kappa shape index (κ1) is 15.5. The SMILES string of the molecule is C=CCN1CCN(C(=O)c2c(C)c(C)c(C)[nH]c2=O)CC1. The Morgan fingerprint density at radius 1 is 1.19 bits per heavy atom. The molecule has 1 N–H and O–H groups in total. The third kappa shape index (κ3) is 3.08. The third-order valence-electron chi connectivity index (χ3n) is 4.29. The third-order valence-corrected chi connectivity index (χ3v) is 4.29. The molecule has 1 fully saturated rings. The molecule has 5 nitrogen and oxygen atoms in total. The number of nitrogens with zero attached hydrogens (tertiary/aromatic N) is 2. The van der Waals surface area contributed by atoms with E-state index < -0.39 is 0 Å². The Morgan fingerprint density at radius 2 is 1.81 bits per heavy atom. The zero-order valence-corrected chi connectivity index (χ0v) is 13.0. The van der Waals surface area contributed by atoms with E-state index in [9.17, 15) is 9.59 Å². The molecule has 1 saturated heterocycles. The average molecular weight is 289 g/mol. The molecule has 0 aliphatic carbocycles. The number of aromatic nitrogens is 1. The average Bonchev–Trinajstić information content (AvgIpc) is 2.46. The second-order valence-electron chi connectivity index (χ2n) is 5.59. The van der Waals surface area contributed by atoms with Crippen LogP contribution in [-0.2, 0) is 0 Å². The number of pyridine rings is 1. The van der Waals surface area contributed by atoms with Crippen LogP contribution in [0.4, 0.5) is 0 Å². The summed E-state index contributed by atoms with van der Waals surface area (Å²) < 4.78 is 0. The molecule has 0 atom stereocenters. The van der Waals surface area contributed by atoms with Gasteiger partial charge in [-0.15, -0.1) is 6.58 Å². The molecule has 1 aromatic heterocycles. The van der Waals surface area contributed by atoms with E-state index in [1.165, 1.54) is 0 Å². The summed E-state index contributed by atoms with van der Waals surface area (Å²) in [7, 11) is 0. The molecule has 2 heterocycles. The Hall–Kier alpha value is -1.88. The van der Waals surface area contributed by atoms with Crippen molar-refractivity contribution in [1.29, 1.82) is 0 Å². The van der Waals surface area contributed by atoms with Crippen molar-refractivity contribution in [3.63, 3.8) is 0 Å². The topological polar surface area (TPSA) is 56.4 Å². The smallest absolute Gasteiger partial charge is 0.261 e. The fourth-order valence-corrected chi connectivity index (χ4v) is 2.70. The molecule has 5 heteroatoms. The minimum absolute atomic E-state index is 0.157. The van der Waals surface area contributed by atoms with Crippen LogP contribution in [0.2, 0.25) is 0 Å². The fraction of sp³-hybridized carbons (Fsp3) is 0.500. The minimum Gasteiger partial charge on any atom is -0.336 e. The molecule has 0 spiro atoms. The van der Waals surface area contributed by atoms with Crippen LogP contribution in [0.25, 0.3) is 0 Å². The Kier molecular flexibility index (Phi) is 4.63. The molecule has 1 amide bonds. The Balaban J connectivity index is 2.21. The largest absolute Gasteiger partial charge is 0.336 e. The van der Waals surface area contributed by atoms with Crippen LogP contribution in [0.1, 0.15) is 27.2 Å². The molecule has 1 aromatic rings. The van der Waals surface area contributed by atoms with Gasteiger partial charge in [0.25, 0.3) is 11.5 Å². The van der Waals surface area contributed by atoms with Crippen molar-refractivity contribution in [2.45, 2.75) is 20.8 Å². The van der Waals surface area contributed by atoms with Gasteiger partial charge in [-0.1, -0.05) is 6.08 Å². The van der Waals surface area contributed by atoms with Crippen molar-refractivity contribution in [3.8, 4) is 0 Å². The Morgan fingerprint density at radius 3 is 2.38 bits per heavy atom. The zero-order chi connectivity index (χ0) is 15.6. The van der Waals surface area contributed by atoms with Gasteiger partial charge in [-0.2, -0.15) is 0 Å². The van der Waals surface area contributed by atoms with Gasteiger partial charge in [-0.25, -0.2) is 0 Å². The number of carbonyl (C=O) groups excluding carboxylic acids is 1. The summed E-state index contributed by atoms with van der Waals surface area (Å²) in [4.78, 5) is 31.6. The van der Waals surface area contributed by atoms with Gasteiger partial charge in [-0.05, 0) is 31.9 Å². The summed E-state index contributed by atoms with van der Waals surface area (Å²) in [5.41, 5.74) is 2.59. The molecule has 0 bridgehead atoms. The Labute approximate surface area is 125 Å². The van der Waals surface area contributed by atoms with Crippen LogP contribution in [0.3, 0.4) is 0 Å².